The molecule has 0 aromatic heterocycles. The van der Waals surface area contributed by atoms with Crippen LogP contribution in [0, 0.1) is 6.92 Å². The van der Waals surface area contributed by atoms with Crippen LogP contribution in [0.5, 0.6) is 0 Å². The molecule has 0 aliphatic carbocycles. The van der Waals surface area contributed by atoms with Crippen molar-refractivity contribution in [2.45, 2.75) is 71.1 Å². The fraction of sp³-hybridized carbons (Fsp3) is 0.632. The molecular formula is C19H29NO3. The van der Waals surface area contributed by atoms with Gasteiger partial charge in [0.05, 0.1) is 6.10 Å². The van der Waals surface area contributed by atoms with E-state index in [4.69, 9.17) is 4.74 Å². The lowest BCUT2D eigenvalue weighted by atomic mass is 9.93. The van der Waals surface area contributed by atoms with Crippen molar-refractivity contribution in [3.05, 3.63) is 35.4 Å². The molecule has 1 fully saturated rings. The molecule has 1 saturated heterocycles. The number of carbonyl (C=O) groups is 1. The lowest BCUT2D eigenvalue weighted by Crippen LogP contribution is -2.46. The number of hydrogen-bond donors (Lipinski definition) is 1. The summed E-state index contributed by atoms with van der Waals surface area (Å²) in [6.45, 7) is 8.36. The van der Waals surface area contributed by atoms with E-state index in [1.807, 2.05) is 52.0 Å². The summed E-state index contributed by atoms with van der Waals surface area (Å²) in [5.74, 6) is 0. The molecule has 1 aliphatic rings. The van der Waals surface area contributed by atoms with E-state index in [1.165, 1.54) is 0 Å². The lowest BCUT2D eigenvalue weighted by molar-refractivity contribution is 0.00234. The Morgan fingerprint density at radius 1 is 1.35 bits per heavy atom. The van der Waals surface area contributed by atoms with Gasteiger partial charge in [0.25, 0.3) is 0 Å². The van der Waals surface area contributed by atoms with Gasteiger partial charge in [-0.1, -0.05) is 24.3 Å². The number of aliphatic hydroxyl groups is 1. The Bertz CT molecular complexity index is 536. The van der Waals surface area contributed by atoms with Crippen molar-refractivity contribution in [1.82, 2.24) is 4.90 Å². The van der Waals surface area contributed by atoms with Gasteiger partial charge < -0.3 is 14.7 Å². The number of nitrogens with zero attached hydrogens (tertiary/aromatic N) is 1. The highest BCUT2D eigenvalue weighted by Crippen LogP contribution is 2.29. The molecular weight excluding hydrogens is 290 g/mol. The van der Waals surface area contributed by atoms with Crippen molar-refractivity contribution in [3.8, 4) is 0 Å². The molecule has 4 nitrogen and oxygen atoms in total. The van der Waals surface area contributed by atoms with Crippen molar-refractivity contribution in [3.63, 3.8) is 0 Å². The van der Waals surface area contributed by atoms with Crippen molar-refractivity contribution in [2.24, 2.45) is 0 Å². The van der Waals surface area contributed by atoms with Crippen molar-refractivity contribution in [1.29, 1.82) is 0 Å². The summed E-state index contributed by atoms with van der Waals surface area (Å²) in [6.07, 6.45) is 2.75. The third kappa shape index (κ3) is 4.96. The van der Waals surface area contributed by atoms with Crippen LogP contribution in [0.1, 0.15) is 63.7 Å². The van der Waals surface area contributed by atoms with Gasteiger partial charge in [0.15, 0.2) is 0 Å². The summed E-state index contributed by atoms with van der Waals surface area (Å²) in [6, 6.07) is 7.91. The molecule has 0 bridgehead atoms. The highest BCUT2D eigenvalue weighted by molar-refractivity contribution is 5.68. The first-order valence-electron chi connectivity index (χ1n) is 8.51. The largest absolute Gasteiger partial charge is 0.444 e. The van der Waals surface area contributed by atoms with Crippen LogP contribution in [-0.2, 0) is 4.74 Å². The number of aryl methyl sites for hydroxylation is 1. The number of aliphatic hydroxyl groups excluding tert-OH is 1. The minimum atomic E-state index is -0.552. The topological polar surface area (TPSA) is 49.8 Å². The first-order chi connectivity index (χ1) is 10.8. The molecule has 128 valence electrons. The monoisotopic (exact) mass is 319 g/mol. The summed E-state index contributed by atoms with van der Waals surface area (Å²) in [5.41, 5.74) is 1.54. The fourth-order valence-corrected chi connectivity index (χ4v) is 3.15. The van der Waals surface area contributed by atoms with Crippen LogP contribution in [0.3, 0.4) is 0 Å². The van der Waals surface area contributed by atoms with Gasteiger partial charge in [0.1, 0.15) is 5.60 Å². The zero-order valence-corrected chi connectivity index (χ0v) is 14.7. The number of ether oxygens (including phenoxy) is 1. The maximum Gasteiger partial charge on any atom is 0.410 e. The first kappa shape index (κ1) is 17.8. The van der Waals surface area contributed by atoms with Crippen LogP contribution in [0.15, 0.2) is 24.3 Å². The lowest BCUT2D eigenvalue weighted by Gasteiger charge is -2.37. The van der Waals surface area contributed by atoms with Gasteiger partial charge in [0.2, 0.25) is 0 Å². The average Bonchev–Trinajstić information content (AvgIpc) is 2.46. The Labute approximate surface area is 139 Å². The van der Waals surface area contributed by atoms with Gasteiger partial charge in [-0.2, -0.15) is 0 Å². The first-order valence-corrected chi connectivity index (χ1v) is 8.51. The predicted molar refractivity (Wildman–Crippen MR) is 91.3 cm³/mol. The van der Waals surface area contributed by atoms with Crippen LogP contribution in [-0.4, -0.2) is 34.3 Å². The molecule has 1 aromatic rings. The Hall–Kier alpha value is -1.55. The molecule has 0 spiro atoms. The molecule has 1 heterocycles. The Kier molecular flexibility index (Phi) is 5.69. The number of likely N-dealkylation sites (tertiary alicyclic amines) is 1. The Morgan fingerprint density at radius 3 is 2.70 bits per heavy atom. The third-order valence-corrected chi connectivity index (χ3v) is 4.30. The van der Waals surface area contributed by atoms with Crippen LogP contribution in [0.25, 0.3) is 0 Å². The molecule has 1 aromatic carbocycles. The minimum Gasteiger partial charge on any atom is -0.444 e. The van der Waals surface area contributed by atoms with Gasteiger partial charge >= 0.3 is 6.09 Å². The average molecular weight is 319 g/mol. The van der Waals surface area contributed by atoms with Gasteiger partial charge in [-0.25, -0.2) is 4.79 Å². The van der Waals surface area contributed by atoms with Crippen molar-refractivity contribution in [2.75, 3.05) is 6.54 Å². The highest BCUT2D eigenvalue weighted by atomic mass is 16.6. The van der Waals surface area contributed by atoms with E-state index in [1.54, 1.807) is 4.90 Å². The molecule has 2 unspecified atom stereocenters. The molecule has 1 amide bonds. The second-order valence-corrected chi connectivity index (χ2v) is 7.43. The quantitative estimate of drug-likeness (QED) is 0.908. The Morgan fingerprint density at radius 2 is 2.04 bits per heavy atom. The van der Waals surface area contributed by atoms with Gasteiger partial charge in [-0.3, -0.25) is 0 Å². The molecule has 0 radical (unpaired) electrons. The number of benzene rings is 1. The number of hydrogen-bond acceptors (Lipinski definition) is 3. The van der Waals surface area contributed by atoms with Crippen LogP contribution >= 0.6 is 0 Å². The second-order valence-electron chi connectivity index (χ2n) is 7.43. The van der Waals surface area contributed by atoms with E-state index < -0.39 is 11.7 Å². The number of piperidine rings is 1. The molecule has 2 atom stereocenters. The molecule has 0 saturated carbocycles. The van der Waals surface area contributed by atoms with E-state index in [-0.39, 0.29) is 12.1 Å². The summed E-state index contributed by atoms with van der Waals surface area (Å²) in [4.78, 5) is 14.2. The molecule has 23 heavy (non-hydrogen) atoms. The maximum atomic E-state index is 12.4. The predicted octanol–water partition coefficient (Wildman–Crippen LogP) is 4.21. The fourth-order valence-electron chi connectivity index (χ4n) is 3.15. The summed E-state index contributed by atoms with van der Waals surface area (Å²) < 4.78 is 5.52. The molecule has 1 N–H and O–H groups in total. The smallest absolute Gasteiger partial charge is 0.410 e. The van der Waals surface area contributed by atoms with E-state index in [0.717, 1.165) is 30.4 Å². The number of amides is 1. The molecule has 4 heteroatoms. The third-order valence-electron chi connectivity index (χ3n) is 4.30. The normalized spacial score (nSPS) is 20.2. The van der Waals surface area contributed by atoms with E-state index in [0.29, 0.717) is 13.0 Å². The van der Waals surface area contributed by atoms with Crippen LogP contribution in [0.4, 0.5) is 4.79 Å². The minimum absolute atomic E-state index is 0.0354. The zero-order chi connectivity index (χ0) is 17.0. The van der Waals surface area contributed by atoms with Gasteiger partial charge in [0, 0.05) is 12.6 Å². The van der Waals surface area contributed by atoms with Gasteiger partial charge in [-0.15, -0.1) is 0 Å². The highest BCUT2D eigenvalue weighted by Gasteiger charge is 2.32. The van der Waals surface area contributed by atoms with E-state index >= 15 is 0 Å². The zero-order valence-electron chi connectivity index (χ0n) is 14.7. The Balaban J connectivity index is 2.06. The number of carbonyl (C=O) groups excluding carboxylic acids is 1. The van der Waals surface area contributed by atoms with Gasteiger partial charge in [-0.05, 0) is 64.5 Å². The summed E-state index contributed by atoms with van der Waals surface area (Å²) in [5, 5.41) is 10.6. The van der Waals surface area contributed by atoms with Crippen LogP contribution < -0.4 is 0 Å². The van der Waals surface area contributed by atoms with Crippen molar-refractivity contribution >= 4 is 6.09 Å². The maximum absolute atomic E-state index is 12.4. The standard InChI is InChI=1S/C19H29NO3/c1-14-9-5-6-11-16(14)17(21)13-15-10-7-8-12-20(15)18(22)23-19(2,3)4/h5-6,9,11,15,17,21H,7-8,10,12-13H2,1-4H3. The van der Waals surface area contributed by atoms with Crippen LogP contribution in [0.2, 0.25) is 0 Å². The van der Waals surface area contributed by atoms with E-state index in [2.05, 4.69) is 0 Å². The SMILES string of the molecule is Cc1ccccc1C(O)CC1CCCCN1C(=O)OC(C)(C)C. The summed E-state index contributed by atoms with van der Waals surface area (Å²) in [7, 11) is 0. The summed E-state index contributed by atoms with van der Waals surface area (Å²) >= 11 is 0. The molecule has 1 aliphatic heterocycles. The van der Waals surface area contributed by atoms with E-state index in [9.17, 15) is 9.90 Å². The number of rotatable bonds is 3. The van der Waals surface area contributed by atoms with Crippen molar-refractivity contribution < 1.29 is 14.6 Å². The second kappa shape index (κ2) is 7.35. The molecule has 2 rings (SSSR count).